The summed E-state index contributed by atoms with van der Waals surface area (Å²) in [5.41, 5.74) is 1.31. The highest BCUT2D eigenvalue weighted by molar-refractivity contribution is 7.90. The van der Waals surface area contributed by atoms with Gasteiger partial charge < -0.3 is 14.8 Å². The summed E-state index contributed by atoms with van der Waals surface area (Å²) in [6.45, 7) is 1.06. The molecule has 0 bridgehead atoms. The van der Waals surface area contributed by atoms with Gasteiger partial charge in [0, 0.05) is 12.7 Å². The van der Waals surface area contributed by atoms with Crippen LogP contribution >= 0.6 is 22.9 Å². The molecule has 1 aliphatic rings. The first-order valence-electron chi connectivity index (χ1n) is 8.78. The molecule has 0 saturated heterocycles. The van der Waals surface area contributed by atoms with E-state index in [1.807, 2.05) is 0 Å². The van der Waals surface area contributed by atoms with Gasteiger partial charge in [-0.25, -0.2) is 13.4 Å². The third-order valence-electron chi connectivity index (χ3n) is 4.26. The molecular formula is C19H17ClN2O5S2. The molecule has 3 aromatic rings. The average molecular weight is 453 g/mol. The quantitative estimate of drug-likeness (QED) is 0.648. The molecule has 2 aromatic carbocycles. The number of halogens is 1. The summed E-state index contributed by atoms with van der Waals surface area (Å²) in [6.07, 6.45) is 2.00. The van der Waals surface area contributed by atoms with Crippen LogP contribution in [0.5, 0.6) is 11.5 Å². The first-order valence-corrected chi connectivity index (χ1v) is 11.9. The van der Waals surface area contributed by atoms with E-state index in [-0.39, 0.29) is 17.2 Å². The number of nitrogens with zero attached hydrogens (tertiary/aromatic N) is 1. The Bertz CT molecular complexity index is 1210. The van der Waals surface area contributed by atoms with Gasteiger partial charge in [0.1, 0.15) is 0 Å². The fraction of sp³-hybridized carbons (Fsp3) is 0.263. The zero-order valence-corrected chi connectivity index (χ0v) is 17.8. The molecule has 10 heteroatoms. The molecule has 29 heavy (non-hydrogen) atoms. The molecule has 0 unspecified atom stereocenters. The Morgan fingerprint density at radius 3 is 2.83 bits per heavy atom. The molecule has 7 nitrogen and oxygen atoms in total. The lowest BCUT2D eigenvalue weighted by Gasteiger charge is -2.11. The topological polar surface area (TPSA) is 94.6 Å². The number of benzene rings is 2. The number of ether oxygens (including phenoxy) is 2. The van der Waals surface area contributed by atoms with Crippen molar-refractivity contribution in [1.82, 2.24) is 4.98 Å². The average Bonchev–Trinajstić information content (AvgIpc) is 2.87. The number of hydrogen-bond acceptors (Lipinski definition) is 7. The van der Waals surface area contributed by atoms with Gasteiger partial charge in [0.15, 0.2) is 26.5 Å². The summed E-state index contributed by atoms with van der Waals surface area (Å²) in [7, 11) is -3.31. The normalized spacial score (nSPS) is 13.9. The lowest BCUT2D eigenvalue weighted by molar-refractivity contribution is -0.115. The number of sulfone groups is 1. The first-order chi connectivity index (χ1) is 13.8. The maximum absolute atomic E-state index is 12.5. The Kier molecular flexibility index (Phi) is 5.37. The highest BCUT2D eigenvalue weighted by Crippen LogP contribution is 2.38. The van der Waals surface area contributed by atoms with Crippen molar-refractivity contribution in [1.29, 1.82) is 0 Å². The van der Waals surface area contributed by atoms with E-state index in [9.17, 15) is 13.2 Å². The standard InChI is InChI=1S/C19H17ClN2O5S2/c1-29(24,25)12-3-4-14-16(10-12)28-19(21-14)22-17(23)9-11-7-13(20)18-15(8-11)26-5-2-6-27-18/h3-4,7-8,10H,2,5-6,9H2,1H3,(H,21,22,23). The van der Waals surface area contributed by atoms with E-state index < -0.39 is 9.84 Å². The number of fused-ring (bicyclic) bond motifs is 2. The summed E-state index contributed by atoms with van der Waals surface area (Å²) in [6, 6.07) is 8.12. The van der Waals surface area contributed by atoms with Crippen LogP contribution in [0.4, 0.5) is 5.13 Å². The van der Waals surface area contributed by atoms with Gasteiger partial charge in [0.2, 0.25) is 5.91 Å². The molecule has 0 aliphatic carbocycles. The molecule has 1 amide bonds. The van der Waals surface area contributed by atoms with E-state index in [1.165, 1.54) is 17.4 Å². The fourth-order valence-corrected chi connectivity index (χ4v) is 4.86. The lowest BCUT2D eigenvalue weighted by Crippen LogP contribution is -2.14. The number of thiazole rings is 1. The van der Waals surface area contributed by atoms with Crippen molar-refractivity contribution in [3.63, 3.8) is 0 Å². The van der Waals surface area contributed by atoms with Gasteiger partial charge >= 0.3 is 0 Å². The van der Waals surface area contributed by atoms with E-state index in [4.69, 9.17) is 21.1 Å². The number of carbonyl (C=O) groups is 1. The van der Waals surface area contributed by atoms with Crippen molar-refractivity contribution in [2.45, 2.75) is 17.7 Å². The zero-order valence-electron chi connectivity index (χ0n) is 15.4. The Morgan fingerprint density at radius 1 is 1.24 bits per heavy atom. The van der Waals surface area contributed by atoms with Crippen molar-refractivity contribution in [3.05, 3.63) is 40.9 Å². The number of aromatic nitrogens is 1. The van der Waals surface area contributed by atoms with E-state index in [0.29, 0.717) is 50.6 Å². The third-order valence-corrected chi connectivity index (χ3v) is 6.59. The number of anilines is 1. The zero-order chi connectivity index (χ0) is 20.6. The van der Waals surface area contributed by atoms with Gasteiger partial charge in [0.25, 0.3) is 0 Å². The predicted octanol–water partition coefficient (Wildman–Crippen LogP) is 3.70. The van der Waals surface area contributed by atoms with Crippen LogP contribution in [0.15, 0.2) is 35.2 Å². The summed E-state index contributed by atoms with van der Waals surface area (Å²) >= 11 is 7.49. The molecule has 2 heterocycles. The molecule has 0 radical (unpaired) electrons. The first kappa shape index (κ1) is 19.9. The van der Waals surface area contributed by atoms with Crippen molar-refractivity contribution in [3.8, 4) is 11.5 Å². The van der Waals surface area contributed by atoms with Crippen LogP contribution in [0.2, 0.25) is 5.02 Å². The van der Waals surface area contributed by atoms with Crippen LogP contribution < -0.4 is 14.8 Å². The minimum Gasteiger partial charge on any atom is -0.489 e. The van der Waals surface area contributed by atoms with Gasteiger partial charge in [-0.15, -0.1) is 0 Å². The largest absolute Gasteiger partial charge is 0.489 e. The maximum Gasteiger partial charge on any atom is 0.230 e. The molecular weight excluding hydrogens is 436 g/mol. The lowest BCUT2D eigenvalue weighted by atomic mass is 10.1. The van der Waals surface area contributed by atoms with Crippen LogP contribution in [0.1, 0.15) is 12.0 Å². The number of nitrogens with one attached hydrogen (secondary N) is 1. The van der Waals surface area contributed by atoms with Crippen molar-refractivity contribution < 1.29 is 22.7 Å². The van der Waals surface area contributed by atoms with E-state index in [2.05, 4.69) is 10.3 Å². The van der Waals surface area contributed by atoms with Crippen LogP contribution in [-0.2, 0) is 21.1 Å². The molecule has 0 saturated carbocycles. The van der Waals surface area contributed by atoms with E-state index >= 15 is 0 Å². The Labute approximate surface area is 176 Å². The van der Waals surface area contributed by atoms with Crippen LogP contribution in [0.25, 0.3) is 10.2 Å². The summed E-state index contributed by atoms with van der Waals surface area (Å²) in [4.78, 5) is 17.0. The number of hydrogen-bond donors (Lipinski definition) is 1. The monoisotopic (exact) mass is 452 g/mol. The fourth-order valence-electron chi connectivity index (χ4n) is 2.92. The van der Waals surface area contributed by atoms with E-state index in [1.54, 1.807) is 24.3 Å². The highest BCUT2D eigenvalue weighted by Gasteiger charge is 2.18. The Balaban J connectivity index is 1.51. The Hall–Kier alpha value is -2.36. The van der Waals surface area contributed by atoms with Gasteiger partial charge in [-0.05, 0) is 35.9 Å². The molecule has 1 aromatic heterocycles. The SMILES string of the molecule is CS(=O)(=O)c1ccc2nc(NC(=O)Cc3cc(Cl)c4c(c3)OCCCO4)sc2c1. The molecule has 0 atom stereocenters. The summed E-state index contributed by atoms with van der Waals surface area (Å²) in [5, 5.41) is 3.56. The van der Waals surface area contributed by atoms with Crippen LogP contribution in [0, 0.1) is 0 Å². The second kappa shape index (κ2) is 7.81. The van der Waals surface area contributed by atoms with Gasteiger partial charge in [-0.2, -0.15) is 0 Å². The summed E-state index contributed by atoms with van der Waals surface area (Å²) < 4.78 is 35.3. The van der Waals surface area contributed by atoms with Gasteiger partial charge in [-0.3, -0.25) is 4.79 Å². The molecule has 152 valence electrons. The molecule has 1 N–H and O–H groups in total. The molecule has 1 aliphatic heterocycles. The summed E-state index contributed by atoms with van der Waals surface area (Å²) in [5.74, 6) is 0.769. The molecule has 0 spiro atoms. The second-order valence-electron chi connectivity index (χ2n) is 6.60. The van der Waals surface area contributed by atoms with Crippen LogP contribution in [0.3, 0.4) is 0 Å². The van der Waals surface area contributed by atoms with Gasteiger partial charge in [0.05, 0.1) is 39.8 Å². The second-order valence-corrected chi connectivity index (χ2v) is 10.1. The number of amides is 1. The molecule has 0 fully saturated rings. The Morgan fingerprint density at radius 2 is 2.03 bits per heavy atom. The smallest absolute Gasteiger partial charge is 0.230 e. The van der Waals surface area contributed by atoms with Crippen molar-refractivity contribution in [2.75, 3.05) is 24.8 Å². The minimum absolute atomic E-state index is 0.0842. The van der Waals surface area contributed by atoms with Crippen molar-refractivity contribution >= 4 is 54.0 Å². The third kappa shape index (κ3) is 4.47. The van der Waals surface area contributed by atoms with Crippen LogP contribution in [-0.4, -0.2) is 38.8 Å². The van der Waals surface area contributed by atoms with Crippen molar-refractivity contribution in [2.24, 2.45) is 0 Å². The maximum atomic E-state index is 12.5. The highest BCUT2D eigenvalue weighted by atomic mass is 35.5. The minimum atomic E-state index is -3.31. The number of carbonyl (C=O) groups excluding carboxylic acids is 1. The predicted molar refractivity (Wildman–Crippen MR) is 112 cm³/mol. The molecule has 4 rings (SSSR count). The number of rotatable bonds is 4. The van der Waals surface area contributed by atoms with Gasteiger partial charge in [-0.1, -0.05) is 22.9 Å². The van der Waals surface area contributed by atoms with E-state index in [0.717, 1.165) is 12.7 Å².